The van der Waals surface area contributed by atoms with E-state index in [0.717, 1.165) is 28.1 Å². The predicted octanol–water partition coefficient (Wildman–Crippen LogP) is 2.83. The number of carboxylic acids is 1. The van der Waals surface area contributed by atoms with Crippen LogP contribution in [0.4, 0.5) is 5.69 Å². The molecule has 5 nitrogen and oxygen atoms in total. The quantitative estimate of drug-likeness (QED) is 0.759. The van der Waals surface area contributed by atoms with Crippen LogP contribution in [0.3, 0.4) is 0 Å². The number of rotatable bonds is 4. The van der Waals surface area contributed by atoms with Crippen LogP contribution in [0, 0.1) is 6.92 Å². The van der Waals surface area contributed by atoms with Crippen molar-refractivity contribution in [2.75, 3.05) is 5.32 Å². The van der Waals surface area contributed by atoms with Crippen molar-refractivity contribution in [2.45, 2.75) is 19.8 Å². The molecule has 0 radical (unpaired) electrons. The molecule has 1 aliphatic heterocycles. The van der Waals surface area contributed by atoms with Gasteiger partial charge in [0.2, 0.25) is 0 Å². The van der Waals surface area contributed by atoms with Crippen molar-refractivity contribution in [1.29, 1.82) is 0 Å². The van der Waals surface area contributed by atoms with E-state index < -0.39 is 5.97 Å². The number of nitrogens with one attached hydrogen (secondary N) is 2. The van der Waals surface area contributed by atoms with Crippen molar-refractivity contribution in [3.05, 3.63) is 52.8 Å². The Morgan fingerprint density at radius 3 is 2.86 bits per heavy atom. The molecular weight excluding hydrogens is 280 g/mol. The number of para-hydroxylation sites is 1. The van der Waals surface area contributed by atoms with Gasteiger partial charge >= 0.3 is 5.97 Å². The van der Waals surface area contributed by atoms with E-state index in [0.29, 0.717) is 12.0 Å². The van der Waals surface area contributed by atoms with Crippen molar-refractivity contribution >= 4 is 29.2 Å². The number of amides is 1. The van der Waals surface area contributed by atoms with Crippen molar-refractivity contribution in [3.63, 3.8) is 0 Å². The van der Waals surface area contributed by atoms with E-state index in [2.05, 4.69) is 10.3 Å². The van der Waals surface area contributed by atoms with Crippen molar-refractivity contribution in [1.82, 2.24) is 4.98 Å². The second-order valence-corrected chi connectivity index (χ2v) is 5.32. The molecule has 0 unspecified atom stereocenters. The molecule has 3 N–H and O–H groups in total. The molecule has 22 heavy (non-hydrogen) atoms. The number of aryl methyl sites for hydroxylation is 1. The number of aromatic amines is 1. The Morgan fingerprint density at radius 1 is 1.32 bits per heavy atom. The molecule has 0 saturated carbocycles. The van der Waals surface area contributed by atoms with Crippen LogP contribution in [0.5, 0.6) is 0 Å². The molecular formula is C17H16N2O3. The fraction of sp³-hybridized carbons (Fsp3) is 0.176. The predicted molar refractivity (Wildman–Crippen MR) is 84.4 cm³/mol. The van der Waals surface area contributed by atoms with Crippen LogP contribution < -0.4 is 5.32 Å². The third-order valence-electron chi connectivity index (χ3n) is 3.83. The maximum atomic E-state index is 12.1. The maximum Gasteiger partial charge on any atom is 0.303 e. The van der Waals surface area contributed by atoms with Gasteiger partial charge in [-0.3, -0.25) is 9.59 Å². The minimum absolute atomic E-state index is 0.0671. The van der Waals surface area contributed by atoms with E-state index in [9.17, 15) is 9.59 Å². The highest BCUT2D eigenvalue weighted by atomic mass is 16.4. The van der Waals surface area contributed by atoms with Gasteiger partial charge in [-0.2, -0.15) is 0 Å². The molecule has 1 aliphatic rings. The number of carbonyl (C=O) groups excluding carboxylic acids is 1. The maximum absolute atomic E-state index is 12.1. The Bertz CT molecular complexity index is 787. The molecule has 1 amide bonds. The molecule has 112 valence electrons. The summed E-state index contributed by atoms with van der Waals surface area (Å²) in [5.74, 6) is -0.971. The van der Waals surface area contributed by atoms with Gasteiger partial charge in [0.1, 0.15) is 0 Å². The van der Waals surface area contributed by atoms with Gasteiger partial charge in [-0.15, -0.1) is 0 Å². The number of hydrogen-bond donors (Lipinski definition) is 3. The summed E-state index contributed by atoms with van der Waals surface area (Å²) < 4.78 is 0. The van der Waals surface area contributed by atoms with Gasteiger partial charge in [0.05, 0.1) is 5.57 Å². The van der Waals surface area contributed by atoms with Crippen molar-refractivity contribution in [2.24, 2.45) is 0 Å². The molecule has 2 heterocycles. The van der Waals surface area contributed by atoms with E-state index >= 15 is 0 Å². The number of benzene rings is 1. The van der Waals surface area contributed by atoms with Crippen LogP contribution in [0.15, 0.2) is 30.5 Å². The van der Waals surface area contributed by atoms with E-state index in [1.165, 1.54) is 0 Å². The third kappa shape index (κ3) is 2.53. The lowest BCUT2D eigenvalue weighted by atomic mass is 10.0. The van der Waals surface area contributed by atoms with Gasteiger partial charge < -0.3 is 15.4 Å². The number of carboxylic acid groups (broad SMARTS) is 1. The third-order valence-corrected chi connectivity index (χ3v) is 3.83. The molecule has 1 aromatic carbocycles. The Morgan fingerprint density at radius 2 is 2.09 bits per heavy atom. The van der Waals surface area contributed by atoms with Gasteiger partial charge in [0.15, 0.2) is 0 Å². The highest BCUT2D eigenvalue weighted by Gasteiger charge is 2.24. The van der Waals surface area contributed by atoms with Crippen molar-refractivity contribution < 1.29 is 14.7 Å². The lowest BCUT2D eigenvalue weighted by Crippen LogP contribution is -2.04. The minimum atomic E-state index is -0.830. The summed E-state index contributed by atoms with van der Waals surface area (Å²) in [6.07, 6.45) is 4.14. The standard InChI is InChI=1S/C17H16N2O3/c1-10-9-18-15(11(10)6-7-16(20)21)8-13-12-4-2-3-5-14(12)19-17(13)22/h2-5,8-9,18H,6-7H2,1H3,(H,19,22)(H,20,21)/b13-8+. The molecule has 0 fully saturated rings. The first-order chi connectivity index (χ1) is 10.6. The van der Waals surface area contributed by atoms with Crippen LogP contribution >= 0.6 is 0 Å². The van der Waals surface area contributed by atoms with E-state index in [-0.39, 0.29) is 12.3 Å². The average molecular weight is 296 g/mol. The Balaban J connectivity index is 1.99. The Labute approximate surface area is 127 Å². The van der Waals surface area contributed by atoms with Gasteiger partial charge in [-0.1, -0.05) is 18.2 Å². The molecule has 3 rings (SSSR count). The van der Waals surface area contributed by atoms with Crippen LogP contribution in [0.1, 0.15) is 28.8 Å². The highest BCUT2D eigenvalue weighted by molar-refractivity contribution is 6.34. The van der Waals surface area contributed by atoms with Gasteiger partial charge in [-0.05, 0) is 36.6 Å². The SMILES string of the molecule is Cc1c[nH]c(/C=C2/C(=O)Nc3ccccc32)c1CCC(=O)O. The minimum Gasteiger partial charge on any atom is -0.481 e. The van der Waals surface area contributed by atoms with Gasteiger partial charge in [0.25, 0.3) is 5.91 Å². The van der Waals surface area contributed by atoms with Crippen LogP contribution in [0.2, 0.25) is 0 Å². The zero-order valence-corrected chi connectivity index (χ0v) is 12.1. The van der Waals surface area contributed by atoms with Crippen LogP contribution in [-0.4, -0.2) is 22.0 Å². The summed E-state index contributed by atoms with van der Waals surface area (Å²) in [6.45, 7) is 1.93. The normalized spacial score (nSPS) is 15.0. The zero-order chi connectivity index (χ0) is 15.7. The molecule has 0 saturated heterocycles. The van der Waals surface area contributed by atoms with Gasteiger partial charge in [-0.25, -0.2) is 0 Å². The number of H-pyrrole nitrogens is 1. The van der Waals surface area contributed by atoms with E-state index in [1.807, 2.05) is 37.4 Å². The second-order valence-electron chi connectivity index (χ2n) is 5.32. The molecule has 5 heteroatoms. The summed E-state index contributed by atoms with van der Waals surface area (Å²) in [4.78, 5) is 26.0. The second kappa shape index (κ2) is 5.52. The summed E-state index contributed by atoms with van der Waals surface area (Å²) in [5, 5.41) is 11.7. The van der Waals surface area contributed by atoms with E-state index in [4.69, 9.17) is 5.11 Å². The Kier molecular flexibility index (Phi) is 3.55. The summed E-state index contributed by atoms with van der Waals surface area (Å²) in [6, 6.07) is 7.52. The number of anilines is 1. The fourth-order valence-electron chi connectivity index (χ4n) is 2.69. The molecule has 0 atom stereocenters. The molecule has 2 aromatic rings. The molecule has 0 spiro atoms. The number of aliphatic carboxylic acids is 1. The molecule has 1 aromatic heterocycles. The molecule has 0 bridgehead atoms. The smallest absolute Gasteiger partial charge is 0.303 e. The van der Waals surface area contributed by atoms with Crippen molar-refractivity contribution in [3.8, 4) is 0 Å². The summed E-state index contributed by atoms with van der Waals surface area (Å²) >= 11 is 0. The summed E-state index contributed by atoms with van der Waals surface area (Å²) in [5.41, 5.74) is 4.99. The average Bonchev–Trinajstić information content (AvgIpc) is 2.98. The Hall–Kier alpha value is -2.82. The first-order valence-electron chi connectivity index (χ1n) is 7.07. The first kappa shape index (κ1) is 14.1. The van der Waals surface area contributed by atoms with Gasteiger partial charge in [0, 0.05) is 29.6 Å². The number of hydrogen-bond acceptors (Lipinski definition) is 2. The largest absolute Gasteiger partial charge is 0.481 e. The summed E-state index contributed by atoms with van der Waals surface area (Å²) in [7, 11) is 0. The lowest BCUT2D eigenvalue weighted by molar-refractivity contribution is -0.137. The molecule has 0 aliphatic carbocycles. The number of aromatic nitrogens is 1. The van der Waals surface area contributed by atoms with Crippen LogP contribution in [0.25, 0.3) is 11.6 Å². The topological polar surface area (TPSA) is 82.2 Å². The first-order valence-corrected chi connectivity index (χ1v) is 7.07. The zero-order valence-electron chi connectivity index (χ0n) is 12.1. The number of fused-ring (bicyclic) bond motifs is 1. The van der Waals surface area contributed by atoms with Crippen LogP contribution in [-0.2, 0) is 16.0 Å². The monoisotopic (exact) mass is 296 g/mol. The van der Waals surface area contributed by atoms with E-state index in [1.54, 1.807) is 6.08 Å². The number of carbonyl (C=O) groups is 2. The highest BCUT2D eigenvalue weighted by Crippen LogP contribution is 2.33. The fourth-order valence-corrected chi connectivity index (χ4v) is 2.69. The lowest BCUT2D eigenvalue weighted by Gasteiger charge is -2.02.